The van der Waals surface area contributed by atoms with Crippen molar-refractivity contribution in [3.8, 4) is 0 Å². The molecule has 2 saturated carbocycles. The van der Waals surface area contributed by atoms with Gasteiger partial charge in [-0.2, -0.15) is 0 Å². The predicted octanol–water partition coefficient (Wildman–Crippen LogP) is 2.30. The Kier molecular flexibility index (Phi) is 1.71. The van der Waals surface area contributed by atoms with Crippen LogP contribution in [-0.4, -0.2) is 6.04 Å². The van der Waals surface area contributed by atoms with Gasteiger partial charge < -0.3 is 5.73 Å². The van der Waals surface area contributed by atoms with Crippen LogP contribution in [0, 0.1) is 11.3 Å². The van der Waals surface area contributed by atoms with Gasteiger partial charge in [0.1, 0.15) is 0 Å². The predicted molar refractivity (Wildman–Crippen MR) is 47.3 cm³/mol. The summed E-state index contributed by atoms with van der Waals surface area (Å²) in [7, 11) is 0. The van der Waals surface area contributed by atoms with Crippen LogP contribution in [0.25, 0.3) is 0 Å². The van der Waals surface area contributed by atoms with Crippen LogP contribution in [0.5, 0.6) is 0 Å². The van der Waals surface area contributed by atoms with E-state index in [2.05, 4.69) is 6.92 Å². The van der Waals surface area contributed by atoms with Crippen LogP contribution in [0.4, 0.5) is 0 Å². The summed E-state index contributed by atoms with van der Waals surface area (Å²) < 4.78 is 0. The van der Waals surface area contributed by atoms with Gasteiger partial charge in [-0.25, -0.2) is 0 Å². The molecule has 11 heavy (non-hydrogen) atoms. The van der Waals surface area contributed by atoms with Gasteiger partial charge >= 0.3 is 0 Å². The van der Waals surface area contributed by atoms with E-state index in [9.17, 15) is 0 Å². The summed E-state index contributed by atoms with van der Waals surface area (Å²) in [5.41, 5.74) is 6.61. The molecule has 2 rings (SSSR count). The summed E-state index contributed by atoms with van der Waals surface area (Å²) in [5.74, 6) is 1.02. The Hall–Kier alpha value is -0.0400. The number of nitrogens with two attached hydrogens (primary N) is 1. The molecule has 0 heterocycles. The molecule has 0 aromatic rings. The van der Waals surface area contributed by atoms with E-state index in [4.69, 9.17) is 5.73 Å². The smallest absolute Gasteiger partial charge is 0.00390 e. The highest BCUT2D eigenvalue weighted by atomic mass is 14.6. The summed E-state index contributed by atoms with van der Waals surface area (Å²) >= 11 is 0. The third-order valence-electron chi connectivity index (χ3n) is 3.80. The zero-order valence-electron chi connectivity index (χ0n) is 7.47. The minimum Gasteiger partial charge on any atom is -0.328 e. The van der Waals surface area contributed by atoms with Gasteiger partial charge in [-0.15, -0.1) is 0 Å². The monoisotopic (exact) mass is 153 g/mol. The van der Waals surface area contributed by atoms with E-state index >= 15 is 0 Å². The van der Waals surface area contributed by atoms with E-state index in [0.29, 0.717) is 6.04 Å². The first-order valence-corrected chi connectivity index (χ1v) is 4.96. The fraction of sp³-hybridized carbons (Fsp3) is 1.00. The van der Waals surface area contributed by atoms with Crippen molar-refractivity contribution in [3.63, 3.8) is 0 Å². The lowest BCUT2D eigenvalue weighted by Crippen LogP contribution is -2.29. The lowest BCUT2D eigenvalue weighted by atomic mass is 9.77. The van der Waals surface area contributed by atoms with Crippen LogP contribution in [0.1, 0.15) is 45.4 Å². The minimum absolute atomic E-state index is 0.522. The number of hydrogen-bond donors (Lipinski definition) is 1. The lowest BCUT2D eigenvalue weighted by Gasteiger charge is -2.30. The van der Waals surface area contributed by atoms with Crippen molar-refractivity contribution in [3.05, 3.63) is 0 Å². The average Bonchev–Trinajstić information content (AvgIpc) is 2.70. The van der Waals surface area contributed by atoms with E-state index < -0.39 is 0 Å². The van der Waals surface area contributed by atoms with Crippen molar-refractivity contribution in [2.75, 3.05) is 0 Å². The second kappa shape index (κ2) is 2.48. The highest BCUT2D eigenvalue weighted by Gasteiger charge is 2.44. The fourth-order valence-electron chi connectivity index (χ4n) is 2.42. The normalized spacial score (nSPS) is 42.0. The summed E-state index contributed by atoms with van der Waals surface area (Å²) in [4.78, 5) is 0. The second-order valence-electron chi connectivity index (χ2n) is 4.77. The maximum absolute atomic E-state index is 5.86. The highest BCUT2D eigenvalue weighted by Crippen LogP contribution is 2.55. The number of hydrogen-bond acceptors (Lipinski definition) is 1. The van der Waals surface area contributed by atoms with Crippen LogP contribution in [0.2, 0.25) is 0 Å². The largest absolute Gasteiger partial charge is 0.328 e. The van der Waals surface area contributed by atoms with Gasteiger partial charge in [-0.05, 0) is 49.9 Å². The molecule has 0 aromatic carbocycles. The Morgan fingerprint density at radius 1 is 1.09 bits per heavy atom. The molecule has 0 saturated heterocycles. The van der Waals surface area contributed by atoms with Crippen molar-refractivity contribution < 1.29 is 0 Å². The van der Waals surface area contributed by atoms with Gasteiger partial charge in [0.2, 0.25) is 0 Å². The van der Waals surface area contributed by atoms with E-state index in [-0.39, 0.29) is 0 Å². The second-order valence-corrected chi connectivity index (χ2v) is 4.77. The number of rotatable bonds is 1. The molecule has 0 atom stereocenters. The molecule has 0 spiro atoms. The molecule has 2 fully saturated rings. The van der Waals surface area contributed by atoms with Gasteiger partial charge in [0.05, 0.1) is 0 Å². The third kappa shape index (κ3) is 1.44. The van der Waals surface area contributed by atoms with Crippen molar-refractivity contribution >= 4 is 0 Å². The molecule has 1 heteroatoms. The highest BCUT2D eigenvalue weighted by molar-refractivity contribution is 4.96. The first-order valence-electron chi connectivity index (χ1n) is 4.96. The zero-order chi connectivity index (χ0) is 7.90. The first-order chi connectivity index (χ1) is 5.21. The van der Waals surface area contributed by atoms with E-state index in [1.165, 1.54) is 38.5 Å². The maximum Gasteiger partial charge on any atom is 0.00390 e. The van der Waals surface area contributed by atoms with Crippen LogP contribution in [-0.2, 0) is 0 Å². The molecule has 0 unspecified atom stereocenters. The van der Waals surface area contributed by atoms with Crippen LogP contribution >= 0.6 is 0 Å². The Balaban J connectivity index is 1.87. The molecule has 2 aliphatic carbocycles. The summed E-state index contributed by atoms with van der Waals surface area (Å²) in [5, 5.41) is 0. The van der Waals surface area contributed by atoms with Crippen molar-refractivity contribution in [1.82, 2.24) is 0 Å². The fourth-order valence-corrected chi connectivity index (χ4v) is 2.42. The van der Waals surface area contributed by atoms with Crippen LogP contribution < -0.4 is 5.73 Å². The molecule has 0 aromatic heterocycles. The first kappa shape index (κ1) is 7.60. The van der Waals surface area contributed by atoms with Crippen LogP contribution in [0.15, 0.2) is 0 Å². The quantitative estimate of drug-likeness (QED) is 0.614. The van der Waals surface area contributed by atoms with E-state index in [1.54, 1.807) is 0 Å². The van der Waals surface area contributed by atoms with E-state index in [0.717, 1.165) is 11.3 Å². The summed E-state index contributed by atoms with van der Waals surface area (Å²) in [6.07, 6.45) is 8.32. The van der Waals surface area contributed by atoms with Gasteiger partial charge in [0.25, 0.3) is 0 Å². The molecule has 2 N–H and O–H groups in total. The molecule has 2 aliphatic rings. The standard InChI is InChI=1S/C10H19N/c1-10(6-7-10)8-2-4-9(11)5-3-8/h8-9H,2-7,11H2,1H3/t8-,9+. The molecular weight excluding hydrogens is 134 g/mol. The Morgan fingerprint density at radius 2 is 1.64 bits per heavy atom. The van der Waals surface area contributed by atoms with E-state index in [1.807, 2.05) is 0 Å². The Labute approximate surface area is 69.4 Å². The summed E-state index contributed by atoms with van der Waals surface area (Å²) in [6.45, 7) is 2.45. The third-order valence-corrected chi connectivity index (χ3v) is 3.80. The lowest BCUT2D eigenvalue weighted by molar-refractivity contribution is 0.229. The van der Waals surface area contributed by atoms with Gasteiger partial charge in [-0.1, -0.05) is 6.92 Å². The Morgan fingerprint density at radius 3 is 2.09 bits per heavy atom. The Bertz CT molecular complexity index is 141. The molecule has 1 nitrogen and oxygen atoms in total. The van der Waals surface area contributed by atoms with Gasteiger partial charge in [-0.3, -0.25) is 0 Å². The maximum atomic E-state index is 5.86. The minimum atomic E-state index is 0.522. The molecule has 0 bridgehead atoms. The van der Waals surface area contributed by atoms with Crippen molar-refractivity contribution in [2.45, 2.75) is 51.5 Å². The molecule has 64 valence electrons. The molecule has 0 aliphatic heterocycles. The molecular formula is C10H19N. The van der Waals surface area contributed by atoms with Gasteiger partial charge in [0.15, 0.2) is 0 Å². The average molecular weight is 153 g/mol. The molecule has 0 radical (unpaired) electrons. The van der Waals surface area contributed by atoms with Gasteiger partial charge in [0, 0.05) is 6.04 Å². The van der Waals surface area contributed by atoms with Crippen LogP contribution in [0.3, 0.4) is 0 Å². The van der Waals surface area contributed by atoms with Crippen molar-refractivity contribution in [2.24, 2.45) is 17.1 Å². The summed E-state index contributed by atoms with van der Waals surface area (Å²) in [6, 6.07) is 0.522. The zero-order valence-corrected chi connectivity index (χ0v) is 7.47. The van der Waals surface area contributed by atoms with Crippen molar-refractivity contribution in [1.29, 1.82) is 0 Å². The SMILES string of the molecule is CC1([C@H]2CC[C@@H](N)CC2)CC1. The molecule has 0 amide bonds. The topological polar surface area (TPSA) is 26.0 Å².